The van der Waals surface area contributed by atoms with Gasteiger partial charge < -0.3 is 10.6 Å². The van der Waals surface area contributed by atoms with Crippen molar-refractivity contribution < 1.29 is 4.39 Å². The summed E-state index contributed by atoms with van der Waals surface area (Å²) >= 11 is 0. The Balaban J connectivity index is 1.55. The Morgan fingerprint density at radius 2 is 2.00 bits per heavy atom. The van der Waals surface area contributed by atoms with E-state index in [2.05, 4.69) is 15.6 Å². The van der Waals surface area contributed by atoms with Gasteiger partial charge in [0, 0.05) is 37.1 Å². The Labute approximate surface area is 220 Å². The molecule has 196 valence electrons. The molecular formula is C29H32FN7O. The van der Waals surface area contributed by atoms with Crippen molar-refractivity contribution in [3.63, 3.8) is 0 Å². The number of pyridine rings is 1. The van der Waals surface area contributed by atoms with Crippen LogP contribution in [0.5, 0.6) is 0 Å². The van der Waals surface area contributed by atoms with E-state index in [1.807, 2.05) is 60.9 Å². The number of aromatic nitrogens is 3. The predicted molar refractivity (Wildman–Crippen MR) is 145 cm³/mol. The molecule has 38 heavy (non-hydrogen) atoms. The third-order valence-electron chi connectivity index (χ3n) is 7.19. The smallest absolute Gasteiger partial charge is 0.267 e. The quantitative estimate of drug-likeness (QED) is 0.423. The molecular weight excluding hydrogens is 481 g/mol. The average molecular weight is 514 g/mol. The number of nitrogens with zero attached hydrogens (tertiary/aromatic N) is 4. The Morgan fingerprint density at radius 1 is 1.21 bits per heavy atom. The van der Waals surface area contributed by atoms with Crippen LogP contribution in [0.2, 0.25) is 0 Å². The zero-order chi connectivity index (χ0) is 26.8. The number of hydrogen-bond donors (Lipinski definition) is 3. The van der Waals surface area contributed by atoms with Gasteiger partial charge in [0.15, 0.2) is 0 Å². The highest BCUT2D eigenvalue weighted by molar-refractivity contribution is 5.59. The van der Waals surface area contributed by atoms with Crippen LogP contribution in [0.15, 0.2) is 76.3 Å². The molecule has 0 radical (unpaired) electrons. The van der Waals surface area contributed by atoms with Crippen LogP contribution in [0.25, 0.3) is 17.1 Å². The molecule has 5 rings (SSSR count). The molecule has 1 aliphatic carbocycles. The molecule has 8 nitrogen and oxygen atoms in total. The predicted octanol–water partition coefficient (Wildman–Crippen LogP) is 2.52. The average Bonchev–Trinajstić information content (AvgIpc) is 3.52. The van der Waals surface area contributed by atoms with Crippen molar-refractivity contribution >= 4 is 5.82 Å². The number of hydrogen-bond acceptors (Lipinski definition) is 6. The van der Waals surface area contributed by atoms with Gasteiger partial charge in [0.25, 0.3) is 5.56 Å². The Morgan fingerprint density at radius 3 is 2.71 bits per heavy atom. The van der Waals surface area contributed by atoms with Crippen LogP contribution >= 0.6 is 0 Å². The maximum absolute atomic E-state index is 13.6. The second-order valence-corrected chi connectivity index (χ2v) is 9.61. The van der Waals surface area contributed by atoms with Crippen LogP contribution < -0.4 is 32.5 Å². The van der Waals surface area contributed by atoms with Crippen molar-refractivity contribution in [3.8, 4) is 11.3 Å². The lowest BCUT2D eigenvalue weighted by Gasteiger charge is -2.17. The minimum Gasteiger partial charge on any atom is -0.367 e. The first-order valence-corrected chi connectivity index (χ1v) is 12.9. The fraction of sp³-hybridized carbons (Fsp3) is 0.310. The molecule has 3 aromatic rings. The molecule has 3 N–H and O–H groups in total. The van der Waals surface area contributed by atoms with Crippen LogP contribution in [0.4, 0.5) is 4.39 Å². The first-order valence-electron chi connectivity index (χ1n) is 12.9. The first-order chi connectivity index (χ1) is 18.4. The van der Waals surface area contributed by atoms with Gasteiger partial charge in [0.2, 0.25) is 5.62 Å². The number of nitrogens with one attached hydrogen (secondary N) is 3. The van der Waals surface area contributed by atoms with Crippen LogP contribution in [0, 0.1) is 11.2 Å². The van der Waals surface area contributed by atoms with Crippen LogP contribution in [-0.4, -0.2) is 20.2 Å². The minimum atomic E-state index is -0.330. The lowest BCUT2D eigenvalue weighted by molar-refractivity contribution is 0.465. The summed E-state index contributed by atoms with van der Waals surface area (Å²) < 4.78 is 17.1. The van der Waals surface area contributed by atoms with Crippen LogP contribution in [0.3, 0.4) is 0 Å². The summed E-state index contributed by atoms with van der Waals surface area (Å²) in [6, 6.07) is 10.6. The first kappa shape index (κ1) is 25.4. The molecule has 9 heteroatoms. The van der Waals surface area contributed by atoms with Crippen molar-refractivity contribution in [2.75, 3.05) is 0 Å². The van der Waals surface area contributed by atoms with E-state index in [-0.39, 0.29) is 34.2 Å². The second kappa shape index (κ2) is 10.6. The highest BCUT2D eigenvalue weighted by atomic mass is 19.1. The van der Waals surface area contributed by atoms with Gasteiger partial charge in [-0.3, -0.25) is 24.3 Å². The van der Waals surface area contributed by atoms with Gasteiger partial charge in [-0.05, 0) is 50.8 Å². The summed E-state index contributed by atoms with van der Waals surface area (Å²) in [5, 5.41) is 16.1. The molecule has 0 amide bonds. The number of halogens is 1. The van der Waals surface area contributed by atoms with Crippen molar-refractivity contribution in [3.05, 3.63) is 105 Å². The summed E-state index contributed by atoms with van der Waals surface area (Å²) in [5.74, 6) is 0.137. The molecule has 1 fully saturated rings. The molecule has 2 aromatic heterocycles. The molecule has 3 heterocycles. The highest BCUT2D eigenvalue weighted by Crippen LogP contribution is 2.32. The number of fused-ring (bicyclic) bond motifs is 3. The third-order valence-corrected chi connectivity index (χ3v) is 7.19. The summed E-state index contributed by atoms with van der Waals surface area (Å²) in [6.45, 7) is 4.25. The molecule has 0 saturated heterocycles. The summed E-state index contributed by atoms with van der Waals surface area (Å²) in [4.78, 5) is 22.6. The van der Waals surface area contributed by atoms with Gasteiger partial charge in [-0.25, -0.2) is 9.38 Å². The normalized spacial score (nSPS) is 19.2. The topological polar surface area (TPSA) is 100 Å². The lowest BCUT2D eigenvalue weighted by atomic mass is 10.1. The molecule has 0 bridgehead atoms. The van der Waals surface area contributed by atoms with Crippen LogP contribution in [-0.2, 0) is 13.6 Å². The van der Waals surface area contributed by atoms with Crippen LogP contribution in [0.1, 0.15) is 44.7 Å². The van der Waals surface area contributed by atoms with Gasteiger partial charge in [0.05, 0.1) is 17.8 Å². The van der Waals surface area contributed by atoms with Gasteiger partial charge >= 0.3 is 0 Å². The van der Waals surface area contributed by atoms with Gasteiger partial charge in [-0.2, -0.15) is 0 Å². The summed E-state index contributed by atoms with van der Waals surface area (Å²) in [7, 11) is 1.72. The van der Waals surface area contributed by atoms with E-state index < -0.39 is 0 Å². The number of allylic oxidation sites excluding steroid dienone is 3. The fourth-order valence-corrected chi connectivity index (χ4v) is 5.23. The molecule has 0 spiro atoms. The molecule has 0 unspecified atom stereocenters. The van der Waals surface area contributed by atoms with E-state index in [9.17, 15) is 9.18 Å². The maximum atomic E-state index is 13.6. The Kier molecular flexibility index (Phi) is 7.09. The summed E-state index contributed by atoms with van der Waals surface area (Å²) in [6.07, 6.45) is 10.2. The third kappa shape index (κ3) is 4.71. The fourth-order valence-electron chi connectivity index (χ4n) is 5.23. The molecule has 1 aromatic carbocycles. The second-order valence-electron chi connectivity index (χ2n) is 9.61. The standard InChI is InChI=1S/C29H32FN7O/c1-4-7-21(5-2)34-27(33-17-18-10-12-19(13-11-18)23-16-20(30)14-15-32-23)25-26(31)37-24-9-6-8-22(24)35-29(37)36(3)28(25)38/h4-5,7,10-16,22,24,31,33-34H,6,8-9,17H2,1-3H3/b7-4-,21-5+,27-25-,31-26?/t22-,24+/m1/s1. The zero-order valence-corrected chi connectivity index (χ0v) is 21.8. The number of rotatable bonds is 7. The molecule has 2 aliphatic rings. The van der Waals surface area contributed by atoms with Crippen molar-refractivity contribution in [1.82, 2.24) is 24.8 Å². The zero-order valence-electron chi connectivity index (χ0n) is 21.8. The van der Waals surface area contributed by atoms with E-state index in [4.69, 9.17) is 10.4 Å². The number of benzene rings is 1. The van der Waals surface area contributed by atoms with E-state index in [1.165, 1.54) is 18.3 Å². The van der Waals surface area contributed by atoms with E-state index in [0.29, 0.717) is 23.7 Å². The van der Waals surface area contributed by atoms with Crippen molar-refractivity contribution in [2.45, 2.75) is 51.7 Å². The van der Waals surface area contributed by atoms with E-state index in [0.717, 1.165) is 36.1 Å². The minimum absolute atomic E-state index is 0.116. The SMILES string of the molecule is C/C=C\C(=C/C)N/C(NCc1ccc(-c2cc(F)ccn2)cc1)=c1\c(=O)n(C)c2n(c1=N)[C@H]1CCC[C@H]1N=2. The molecule has 1 aliphatic heterocycles. The van der Waals surface area contributed by atoms with Crippen molar-refractivity contribution in [2.24, 2.45) is 12.0 Å². The monoisotopic (exact) mass is 513 g/mol. The summed E-state index contributed by atoms with van der Waals surface area (Å²) in [5.41, 5.74) is 3.60. The largest absolute Gasteiger partial charge is 0.367 e. The molecule has 1 saturated carbocycles. The Bertz CT molecular complexity index is 1660. The molecule has 2 atom stereocenters. The van der Waals surface area contributed by atoms with E-state index >= 15 is 0 Å². The van der Waals surface area contributed by atoms with E-state index in [1.54, 1.807) is 11.6 Å². The van der Waals surface area contributed by atoms with Gasteiger partial charge in [-0.15, -0.1) is 0 Å². The Hall–Kier alpha value is -4.27. The van der Waals surface area contributed by atoms with Crippen molar-refractivity contribution in [1.29, 1.82) is 5.41 Å². The maximum Gasteiger partial charge on any atom is 0.267 e. The lowest BCUT2D eigenvalue weighted by Crippen LogP contribution is -2.60. The van der Waals surface area contributed by atoms with Gasteiger partial charge in [-0.1, -0.05) is 36.4 Å². The van der Waals surface area contributed by atoms with Gasteiger partial charge in [0.1, 0.15) is 22.3 Å². The highest BCUT2D eigenvalue weighted by Gasteiger charge is 2.35.